The van der Waals surface area contributed by atoms with Crippen LogP contribution in [0.3, 0.4) is 0 Å². The molecule has 7 heteroatoms. The van der Waals surface area contributed by atoms with Crippen LogP contribution in [0, 0.1) is 5.92 Å². The number of ether oxygens (including phenoxy) is 3. The molecule has 1 unspecified atom stereocenters. The van der Waals surface area contributed by atoms with Crippen LogP contribution in [0.25, 0.3) is 0 Å². The average molecular weight is 398 g/mol. The van der Waals surface area contributed by atoms with Crippen molar-refractivity contribution < 1.29 is 23.8 Å². The summed E-state index contributed by atoms with van der Waals surface area (Å²) in [6.07, 6.45) is 0. The smallest absolute Gasteiger partial charge is 0.264 e. The first-order valence-electron chi connectivity index (χ1n) is 9.42. The lowest BCUT2D eigenvalue weighted by atomic mass is 9.87. The van der Waals surface area contributed by atoms with Crippen LogP contribution in [0.5, 0.6) is 17.2 Å². The Morgan fingerprint density at radius 2 is 1.86 bits per heavy atom. The van der Waals surface area contributed by atoms with Crippen molar-refractivity contribution in [3.8, 4) is 17.2 Å². The van der Waals surface area contributed by atoms with Crippen LogP contribution in [-0.2, 0) is 9.59 Å². The van der Waals surface area contributed by atoms with Crippen molar-refractivity contribution in [2.75, 3.05) is 38.1 Å². The standard InChI is InChI=1S/C22H26N2O5/c1-13(2)20(14-9-10-17(27-4)18(11-14)28-5)22(26)23-15-7-6-8-16-21(15)29-12-19(25)24(16)3/h6-11,13,20H,12H2,1-5H3,(H,23,26). The van der Waals surface area contributed by atoms with Crippen molar-refractivity contribution in [2.45, 2.75) is 19.8 Å². The first-order chi connectivity index (χ1) is 13.9. The molecule has 0 fully saturated rings. The van der Waals surface area contributed by atoms with E-state index in [1.165, 1.54) is 4.90 Å². The van der Waals surface area contributed by atoms with Gasteiger partial charge in [-0.05, 0) is 35.7 Å². The van der Waals surface area contributed by atoms with Crippen molar-refractivity contribution in [3.63, 3.8) is 0 Å². The summed E-state index contributed by atoms with van der Waals surface area (Å²) in [6, 6.07) is 10.8. The lowest BCUT2D eigenvalue weighted by Gasteiger charge is -2.28. The number of benzene rings is 2. The molecule has 0 aromatic heterocycles. The monoisotopic (exact) mass is 398 g/mol. The zero-order valence-electron chi connectivity index (χ0n) is 17.3. The number of nitrogens with zero attached hydrogens (tertiary/aromatic N) is 1. The van der Waals surface area contributed by atoms with E-state index >= 15 is 0 Å². The maximum atomic E-state index is 13.2. The van der Waals surface area contributed by atoms with Gasteiger partial charge in [-0.3, -0.25) is 9.59 Å². The van der Waals surface area contributed by atoms with Crippen molar-refractivity contribution in [2.24, 2.45) is 5.92 Å². The molecule has 0 saturated heterocycles. The van der Waals surface area contributed by atoms with Gasteiger partial charge in [-0.25, -0.2) is 0 Å². The number of carbonyl (C=O) groups excluding carboxylic acids is 2. The first kappa shape index (κ1) is 20.5. The minimum atomic E-state index is -0.409. The molecule has 1 heterocycles. The number of likely N-dealkylation sites (N-methyl/N-ethyl adjacent to an activating group) is 1. The number of rotatable bonds is 6. The largest absolute Gasteiger partial charge is 0.493 e. The molecule has 29 heavy (non-hydrogen) atoms. The van der Waals surface area contributed by atoms with Crippen molar-refractivity contribution >= 4 is 23.2 Å². The summed E-state index contributed by atoms with van der Waals surface area (Å²) in [6.45, 7) is 3.92. The van der Waals surface area contributed by atoms with E-state index < -0.39 is 5.92 Å². The summed E-state index contributed by atoms with van der Waals surface area (Å²) < 4.78 is 16.3. The lowest BCUT2D eigenvalue weighted by Crippen LogP contribution is -2.36. The summed E-state index contributed by atoms with van der Waals surface area (Å²) in [5, 5.41) is 2.98. The SMILES string of the molecule is COc1ccc(C(C(=O)Nc2cccc3c2OCC(=O)N3C)C(C)C)cc1OC. The number of para-hydroxylation sites is 1. The third kappa shape index (κ3) is 3.99. The molecule has 1 atom stereocenters. The third-order valence-electron chi connectivity index (χ3n) is 5.04. The van der Waals surface area contributed by atoms with Crippen LogP contribution >= 0.6 is 0 Å². The molecule has 1 aliphatic rings. The van der Waals surface area contributed by atoms with E-state index in [0.29, 0.717) is 28.6 Å². The minimum absolute atomic E-state index is 0.0396. The quantitative estimate of drug-likeness (QED) is 0.807. The third-order valence-corrected chi connectivity index (χ3v) is 5.04. The minimum Gasteiger partial charge on any atom is -0.493 e. The van der Waals surface area contributed by atoms with Gasteiger partial charge in [0.2, 0.25) is 5.91 Å². The summed E-state index contributed by atoms with van der Waals surface area (Å²) >= 11 is 0. The molecule has 0 saturated carbocycles. The maximum absolute atomic E-state index is 13.2. The van der Waals surface area contributed by atoms with Crippen molar-refractivity contribution in [1.82, 2.24) is 0 Å². The van der Waals surface area contributed by atoms with Crippen LogP contribution in [0.1, 0.15) is 25.3 Å². The van der Waals surface area contributed by atoms with Gasteiger partial charge in [0.15, 0.2) is 23.9 Å². The van der Waals surface area contributed by atoms with E-state index in [1.807, 2.05) is 26.0 Å². The van der Waals surface area contributed by atoms with Gasteiger partial charge in [0.1, 0.15) is 0 Å². The number of anilines is 2. The Balaban J connectivity index is 1.92. The van der Waals surface area contributed by atoms with Crippen molar-refractivity contribution in [1.29, 1.82) is 0 Å². The summed E-state index contributed by atoms with van der Waals surface area (Å²) in [5.41, 5.74) is 2.00. The Kier molecular flexibility index (Phi) is 5.96. The second-order valence-corrected chi connectivity index (χ2v) is 7.22. The van der Waals surface area contributed by atoms with E-state index in [4.69, 9.17) is 14.2 Å². The molecule has 154 valence electrons. The molecule has 2 amide bonds. The number of amides is 2. The number of carbonyl (C=O) groups is 2. The molecule has 0 radical (unpaired) electrons. The van der Waals surface area contributed by atoms with E-state index in [1.54, 1.807) is 45.5 Å². The Labute approximate surface area is 170 Å². The second-order valence-electron chi connectivity index (χ2n) is 7.22. The molecule has 2 aromatic carbocycles. The highest BCUT2D eigenvalue weighted by atomic mass is 16.5. The van der Waals surface area contributed by atoms with Gasteiger partial charge >= 0.3 is 0 Å². The van der Waals surface area contributed by atoms with E-state index in [9.17, 15) is 9.59 Å². The number of methoxy groups -OCH3 is 2. The molecule has 0 spiro atoms. The van der Waals surface area contributed by atoms with E-state index in [2.05, 4.69) is 5.32 Å². The Hall–Kier alpha value is -3.22. The van der Waals surface area contributed by atoms with Gasteiger partial charge in [-0.2, -0.15) is 0 Å². The van der Waals surface area contributed by atoms with Crippen molar-refractivity contribution in [3.05, 3.63) is 42.0 Å². The van der Waals surface area contributed by atoms with Gasteiger partial charge in [-0.1, -0.05) is 26.0 Å². The topological polar surface area (TPSA) is 77.1 Å². The van der Waals surface area contributed by atoms with E-state index in [-0.39, 0.29) is 24.3 Å². The molecular weight excluding hydrogens is 372 g/mol. The van der Waals surface area contributed by atoms with Crippen LogP contribution in [0.2, 0.25) is 0 Å². The fraction of sp³-hybridized carbons (Fsp3) is 0.364. The predicted octanol–water partition coefficient (Wildman–Crippen LogP) is 3.44. The Morgan fingerprint density at radius 3 is 2.52 bits per heavy atom. The van der Waals surface area contributed by atoms with E-state index in [0.717, 1.165) is 5.56 Å². The summed E-state index contributed by atoms with van der Waals surface area (Å²) in [7, 11) is 4.83. The Morgan fingerprint density at radius 1 is 1.14 bits per heavy atom. The molecule has 1 N–H and O–H groups in total. The molecule has 1 aliphatic heterocycles. The molecule has 0 aliphatic carbocycles. The highest BCUT2D eigenvalue weighted by Gasteiger charge is 2.29. The normalized spacial score (nSPS) is 14.1. The Bertz CT molecular complexity index is 925. The molecular formula is C22H26N2O5. The highest BCUT2D eigenvalue weighted by Crippen LogP contribution is 2.39. The zero-order chi connectivity index (χ0) is 21.1. The van der Waals surface area contributed by atoms with Crippen LogP contribution in [0.4, 0.5) is 11.4 Å². The summed E-state index contributed by atoms with van der Waals surface area (Å²) in [5.74, 6) is 1.01. The fourth-order valence-corrected chi connectivity index (χ4v) is 3.50. The average Bonchev–Trinajstić information content (AvgIpc) is 2.70. The van der Waals surface area contributed by atoms with Gasteiger partial charge in [-0.15, -0.1) is 0 Å². The molecule has 3 rings (SSSR count). The fourth-order valence-electron chi connectivity index (χ4n) is 3.50. The number of nitrogens with one attached hydrogen (secondary N) is 1. The van der Waals surface area contributed by atoms with Crippen LogP contribution < -0.4 is 24.4 Å². The molecule has 7 nitrogen and oxygen atoms in total. The van der Waals surface area contributed by atoms with Crippen LogP contribution in [0.15, 0.2) is 36.4 Å². The second kappa shape index (κ2) is 8.43. The van der Waals surface area contributed by atoms with Gasteiger partial charge in [0.05, 0.1) is 31.5 Å². The van der Waals surface area contributed by atoms with Gasteiger partial charge < -0.3 is 24.4 Å². The highest BCUT2D eigenvalue weighted by molar-refractivity contribution is 6.02. The number of fused-ring (bicyclic) bond motifs is 1. The first-order valence-corrected chi connectivity index (χ1v) is 9.42. The van der Waals surface area contributed by atoms with Crippen LogP contribution in [-0.4, -0.2) is 39.7 Å². The molecule has 2 aromatic rings. The zero-order valence-corrected chi connectivity index (χ0v) is 17.3. The van der Waals surface area contributed by atoms with Gasteiger partial charge in [0.25, 0.3) is 5.91 Å². The lowest BCUT2D eigenvalue weighted by molar-refractivity contribution is -0.121. The number of hydrogen-bond acceptors (Lipinski definition) is 5. The van der Waals surface area contributed by atoms with Gasteiger partial charge in [0, 0.05) is 7.05 Å². The predicted molar refractivity (Wildman–Crippen MR) is 111 cm³/mol. The number of hydrogen-bond donors (Lipinski definition) is 1. The maximum Gasteiger partial charge on any atom is 0.264 e. The molecule has 0 bridgehead atoms. The summed E-state index contributed by atoms with van der Waals surface area (Å²) in [4.78, 5) is 26.6.